The van der Waals surface area contributed by atoms with Crippen molar-refractivity contribution >= 4 is 122 Å². The van der Waals surface area contributed by atoms with E-state index in [2.05, 4.69) is 346 Å². The summed E-state index contributed by atoms with van der Waals surface area (Å²) in [6.45, 7) is 9.68. The van der Waals surface area contributed by atoms with Crippen molar-refractivity contribution in [2.24, 2.45) is 0 Å². The Morgan fingerprint density at radius 3 is 0.812 bits per heavy atom. The van der Waals surface area contributed by atoms with Crippen molar-refractivity contribution < 1.29 is 0 Å². The Morgan fingerprint density at radius 2 is 0.479 bits per heavy atom. The van der Waals surface area contributed by atoms with Gasteiger partial charge in [0.2, 0.25) is 0 Å². The summed E-state index contributed by atoms with van der Waals surface area (Å²) in [7, 11) is -2.44. The fourth-order valence-corrected chi connectivity index (χ4v) is 24.4. The third-order valence-corrected chi connectivity index (χ3v) is 27.6. The van der Waals surface area contributed by atoms with E-state index < -0.39 is 14.7 Å². The summed E-state index contributed by atoms with van der Waals surface area (Å²) >= 11 is 0. The van der Waals surface area contributed by atoms with Crippen LogP contribution in [0.3, 0.4) is 0 Å². The molecule has 14 aromatic carbocycles. The van der Waals surface area contributed by atoms with Gasteiger partial charge in [0.05, 0.1) is 66.2 Å². The minimum atomic E-state index is -1.22. The lowest BCUT2D eigenvalue weighted by Crippen LogP contribution is -2.15. The highest BCUT2D eigenvalue weighted by atomic mass is 31.1. The predicted octanol–water partition coefficient (Wildman–Crippen LogP) is 24.3. The Hall–Kier alpha value is -11.3. The highest BCUT2D eigenvalue weighted by Crippen LogP contribution is 2.62. The topological polar surface area (TPSA) is 29.6 Å². The zero-order chi connectivity index (χ0) is 63.2. The van der Waals surface area contributed by atoms with E-state index in [0.29, 0.717) is 0 Å². The summed E-state index contributed by atoms with van der Waals surface area (Å²) in [6, 6.07) is 112. The van der Waals surface area contributed by atoms with Gasteiger partial charge in [0.25, 0.3) is 0 Å². The number of rotatable bonds is 6. The minimum Gasteiger partial charge on any atom is -0.308 e. The van der Waals surface area contributed by atoms with Gasteiger partial charge in [-0.2, -0.15) is 0 Å². The first kappa shape index (κ1) is 53.1. The van der Waals surface area contributed by atoms with Crippen LogP contribution in [0.2, 0.25) is 0 Å². The molecule has 6 nitrogen and oxygen atoms in total. The molecule has 8 heteroatoms. The number of hydrogen-bond acceptors (Lipinski definition) is 0. The molecule has 2 aliphatic rings. The van der Waals surface area contributed by atoms with Gasteiger partial charge in [0.15, 0.2) is 0 Å². The summed E-state index contributed by atoms with van der Waals surface area (Å²) < 4.78 is 15.9. The monoisotopic (exact) mass is 1260 g/mol. The van der Waals surface area contributed by atoms with Crippen molar-refractivity contribution in [3.63, 3.8) is 0 Å². The fourth-order valence-electron chi connectivity index (χ4n) is 18.2. The van der Waals surface area contributed by atoms with Gasteiger partial charge < -0.3 is 27.4 Å². The van der Waals surface area contributed by atoms with Gasteiger partial charge in [0, 0.05) is 86.4 Å². The molecule has 0 fully saturated rings. The van der Waals surface area contributed by atoms with Crippen molar-refractivity contribution in [3.05, 3.63) is 313 Å². The largest absolute Gasteiger partial charge is 0.308 e. The molecule has 0 saturated carbocycles. The smallest absolute Gasteiger partial charge is 0.0678 e. The first-order valence-corrected chi connectivity index (χ1v) is 36.2. The number of hydrogen-bond donors (Lipinski definition) is 0. The molecule has 0 aliphatic heterocycles. The van der Waals surface area contributed by atoms with Gasteiger partial charge in [-0.3, -0.25) is 0 Å². The van der Waals surface area contributed by atoms with E-state index in [4.69, 9.17) is 0 Å². The Labute approximate surface area is 554 Å². The van der Waals surface area contributed by atoms with E-state index in [0.717, 1.165) is 34.1 Å². The van der Waals surface area contributed by atoms with Crippen LogP contribution in [0.25, 0.3) is 164 Å². The number of fused-ring (bicyclic) bond motifs is 9. The van der Waals surface area contributed by atoms with Crippen LogP contribution >= 0.6 is 14.7 Å². The van der Waals surface area contributed by atoms with Crippen LogP contribution in [0, 0.1) is 0 Å². The Morgan fingerprint density at radius 1 is 0.208 bits per heavy atom. The van der Waals surface area contributed by atoms with Gasteiger partial charge in [-0.15, -0.1) is 0 Å². The Balaban J connectivity index is 1.03. The Bertz CT molecular complexity index is 6380. The molecular formula is C88H60N6P2. The van der Waals surface area contributed by atoms with Gasteiger partial charge >= 0.3 is 0 Å². The first-order chi connectivity index (χ1) is 47.2. The number of nitrogens with zero attached hydrogens (tertiary/aromatic N) is 6. The molecule has 0 radical (unpaired) electrons. The van der Waals surface area contributed by atoms with Gasteiger partial charge in [-0.1, -0.05) is 200 Å². The fraction of sp³-hybridized carbons (Fsp3) is 0.0682. The van der Waals surface area contributed by atoms with E-state index in [1.165, 1.54) is 152 Å². The highest BCUT2D eigenvalue weighted by molar-refractivity contribution is 7.64. The van der Waals surface area contributed by atoms with Crippen molar-refractivity contribution in [2.75, 3.05) is 0 Å². The molecule has 2 aliphatic carbocycles. The third-order valence-electron chi connectivity index (χ3n) is 22.2. The maximum Gasteiger partial charge on any atom is 0.0678 e. The molecule has 0 bridgehead atoms. The second-order valence-electron chi connectivity index (χ2n) is 27.7. The minimum absolute atomic E-state index is 0.227. The average Bonchev–Trinajstić information content (AvgIpc) is 0.870. The van der Waals surface area contributed by atoms with Crippen molar-refractivity contribution in [1.29, 1.82) is 0 Å². The van der Waals surface area contributed by atoms with Gasteiger partial charge in [-0.05, 0) is 178 Å². The van der Waals surface area contributed by atoms with Crippen LogP contribution in [0.1, 0.15) is 49.9 Å². The zero-order valence-electron chi connectivity index (χ0n) is 53.3. The maximum atomic E-state index is 2.70. The molecular weight excluding hydrogens is 1200 g/mol. The standard InChI is InChI=1S/C88H60N6P2/c1-87(2)65-35-19-17-33-59(65)61-47-45-57(49-67(61)87)91-73-41-21-37-69-81(73)95-83-71(89(69)53-25-9-5-10-26-53)39-23-43-75(83)93(55-29-13-7-14-30-55)79-64-52-78-86-80(63(64)51-77(91)85(79)95)94(56-31-15-8-16-32-56)76-44-24-40-72-84(76)96(86)82-70(90(72)54-27-11-6-12-28-54)38-22-42-74(82)92(78)58-46-48-62-60-34-18-20-36-66(60)88(3,4)68(62)50-58/h5-52H,1-4H3. The van der Waals surface area contributed by atoms with Crippen molar-refractivity contribution in [1.82, 2.24) is 27.4 Å². The molecule has 22 rings (SSSR count). The van der Waals surface area contributed by atoms with Crippen LogP contribution in [0.4, 0.5) is 0 Å². The van der Waals surface area contributed by atoms with E-state index in [9.17, 15) is 0 Å². The predicted molar refractivity (Wildman–Crippen MR) is 406 cm³/mol. The van der Waals surface area contributed by atoms with Gasteiger partial charge in [-0.25, -0.2) is 0 Å². The first-order valence-electron chi connectivity index (χ1n) is 33.5. The van der Waals surface area contributed by atoms with Crippen LogP contribution < -0.4 is 0 Å². The lowest BCUT2D eigenvalue weighted by molar-refractivity contribution is 0.660. The normalized spacial score (nSPS) is 14.4. The molecule has 6 aromatic heterocycles. The molecule has 2 unspecified atom stereocenters. The van der Waals surface area contributed by atoms with Crippen LogP contribution in [0.15, 0.2) is 291 Å². The SMILES string of the molecule is CC1(C)c2ccccc2-c2ccc(-n3c4cccc5c4p4c6c(cccc6n(-c6ccccc6)c6c7cc8c9c(c7cc3c64)n(-c3ccccc3)c3cccc4c3p9c3c(cccc3n8-c3ccc6c(c3)C(C)(C)c3ccccc3-6)n4-c3ccccc3)n5-c3ccccc3)cc21. The molecule has 452 valence electrons. The van der Waals surface area contributed by atoms with E-state index in [1.54, 1.807) is 0 Å². The maximum absolute atomic E-state index is 2.70. The summed E-state index contributed by atoms with van der Waals surface area (Å²) in [6.07, 6.45) is 0. The molecule has 0 N–H and O–H groups in total. The third kappa shape index (κ3) is 6.63. The zero-order valence-corrected chi connectivity index (χ0v) is 55.1. The quantitative estimate of drug-likeness (QED) is 0.117. The highest BCUT2D eigenvalue weighted by Gasteiger charge is 2.39. The summed E-state index contributed by atoms with van der Waals surface area (Å²) in [4.78, 5) is 0. The summed E-state index contributed by atoms with van der Waals surface area (Å²) in [5.41, 5.74) is 31.8. The number of para-hydroxylation sites is 4. The number of aromatic nitrogens is 6. The van der Waals surface area contributed by atoms with Crippen LogP contribution in [-0.2, 0) is 10.8 Å². The lowest BCUT2D eigenvalue weighted by atomic mass is 9.82. The van der Waals surface area contributed by atoms with Crippen molar-refractivity contribution in [3.8, 4) is 56.4 Å². The molecule has 0 amide bonds. The van der Waals surface area contributed by atoms with Gasteiger partial charge in [0.1, 0.15) is 0 Å². The summed E-state index contributed by atoms with van der Waals surface area (Å²) in [5, 5.41) is 10.7. The second kappa shape index (κ2) is 18.8. The van der Waals surface area contributed by atoms with Crippen LogP contribution in [0.5, 0.6) is 0 Å². The lowest BCUT2D eigenvalue weighted by Gasteiger charge is -2.31. The second-order valence-corrected chi connectivity index (χ2v) is 31.7. The average molecular weight is 1260 g/mol. The number of benzene rings is 14. The van der Waals surface area contributed by atoms with Crippen LogP contribution in [-0.4, -0.2) is 27.4 Å². The van der Waals surface area contributed by atoms with E-state index >= 15 is 0 Å². The van der Waals surface area contributed by atoms with Crippen molar-refractivity contribution in [2.45, 2.75) is 38.5 Å². The molecule has 0 saturated heterocycles. The molecule has 20 aromatic rings. The van der Waals surface area contributed by atoms with E-state index in [-0.39, 0.29) is 10.8 Å². The Kier molecular flexibility index (Phi) is 10.4. The molecule has 0 spiro atoms. The molecule has 2 atom stereocenters. The van der Waals surface area contributed by atoms with E-state index in [1.807, 2.05) is 0 Å². The molecule has 96 heavy (non-hydrogen) atoms. The molecule has 6 heterocycles. The summed E-state index contributed by atoms with van der Waals surface area (Å²) in [5.74, 6) is 0.